The van der Waals surface area contributed by atoms with Crippen molar-refractivity contribution in [3.63, 3.8) is 0 Å². The number of ether oxygens (including phenoxy) is 3. The van der Waals surface area contributed by atoms with Gasteiger partial charge in [-0.25, -0.2) is 4.39 Å². The minimum absolute atomic E-state index is 0.0413. The SMILES string of the molecule is C=CCOc1ccc(-c2ccc3c(F)c(OCC=C)c(OC(F)F)cc3c2)cc1. The summed E-state index contributed by atoms with van der Waals surface area (Å²) < 4.78 is 55.6. The first-order valence-electron chi connectivity index (χ1n) is 8.82. The highest BCUT2D eigenvalue weighted by molar-refractivity contribution is 5.90. The van der Waals surface area contributed by atoms with Gasteiger partial charge in [0.15, 0.2) is 17.3 Å². The van der Waals surface area contributed by atoms with E-state index in [0.29, 0.717) is 17.7 Å². The lowest BCUT2D eigenvalue weighted by Crippen LogP contribution is -2.06. The summed E-state index contributed by atoms with van der Waals surface area (Å²) in [5.74, 6) is -0.803. The van der Waals surface area contributed by atoms with Crippen LogP contribution in [-0.2, 0) is 0 Å². The van der Waals surface area contributed by atoms with Gasteiger partial charge in [-0.2, -0.15) is 8.78 Å². The third-order valence-corrected chi connectivity index (χ3v) is 4.11. The number of halogens is 3. The zero-order valence-corrected chi connectivity index (χ0v) is 15.5. The Labute approximate surface area is 166 Å². The molecule has 29 heavy (non-hydrogen) atoms. The molecule has 3 nitrogen and oxygen atoms in total. The molecule has 0 radical (unpaired) electrons. The molecule has 0 unspecified atom stereocenters. The zero-order valence-electron chi connectivity index (χ0n) is 15.5. The average Bonchev–Trinajstić information content (AvgIpc) is 2.71. The second-order valence-electron chi connectivity index (χ2n) is 6.06. The molecular weight excluding hydrogens is 381 g/mol. The van der Waals surface area contributed by atoms with Crippen LogP contribution < -0.4 is 14.2 Å². The number of hydrogen-bond donors (Lipinski definition) is 0. The van der Waals surface area contributed by atoms with Crippen LogP contribution in [0.2, 0.25) is 0 Å². The van der Waals surface area contributed by atoms with Crippen LogP contribution in [0.3, 0.4) is 0 Å². The van der Waals surface area contributed by atoms with Crippen molar-refractivity contribution >= 4 is 10.8 Å². The monoisotopic (exact) mass is 400 g/mol. The van der Waals surface area contributed by atoms with Gasteiger partial charge in [0.05, 0.1) is 0 Å². The standard InChI is InChI=1S/C23H19F3O3/c1-3-11-27-18-8-5-15(6-9-18)16-7-10-19-17(13-16)14-20(29-23(25)26)22(21(19)24)28-12-4-2/h3-10,13-14,23H,1-2,11-12H2. The Morgan fingerprint density at radius 2 is 1.52 bits per heavy atom. The molecule has 0 saturated carbocycles. The fourth-order valence-electron chi connectivity index (χ4n) is 2.86. The second kappa shape index (κ2) is 9.19. The second-order valence-corrected chi connectivity index (χ2v) is 6.06. The van der Waals surface area contributed by atoms with E-state index in [0.717, 1.165) is 11.1 Å². The Morgan fingerprint density at radius 1 is 0.862 bits per heavy atom. The van der Waals surface area contributed by atoms with Crippen molar-refractivity contribution in [3.8, 4) is 28.4 Å². The third-order valence-electron chi connectivity index (χ3n) is 4.11. The van der Waals surface area contributed by atoms with Crippen molar-refractivity contribution in [2.75, 3.05) is 13.2 Å². The number of benzene rings is 3. The summed E-state index contributed by atoms with van der Waals surface area (Å²) >= 11 is 0. The van der Waals surface area contributed by atoms with Gasteiger partial charge in [0.1, 0.15) is 19.0 Å². The molecule has 0 aliphatic rings. The van der Waals surface area contributed by atoms with Crippen LogP contribution in [0.4, 0.5) is 13.2 Å². The Balaban J connectivity index is 2.02. The first-order chi connectivity index (χ1) is 14.0. The lowest BCUT2D eigenvalue weighted by Gasteiger charge is -2.15. The fraction of sp³-hybridized carbons (Fsp3) is 0.130. The van der Waals surface area contributed by atoms with E-state index in [2.05, 4.69) is 17.9 Å². The van der Waals surface area contributed by atoms with E-state index in [9.17, 15) is 13.2 Å². The van der Waals surface area contributed by atoms with Crippen LogP contribution in [0, 0.1) is 5.82 Å². The maximum Gasteiger partial charge on any atom is 0.387 e. The van der Waals surface area contributed by atoms with Crippen LogP contribution in [-0.4, -0.2) is 19.8 Å². The number of hydrogen-bond acceptors (Lipinski definition) is 3. The van der Waals surface area contributed by atoms with Crippen LogP contribution in [0.5, 0.6) is 17.2 Å². The molecule has 6 heteroatoms. The molecule has 0 bridgehead atoms. The molecule has 3 rings (SSSR count). The summed E-state index contributed by atoms with van der Waals surface area (Å²) in [6, 6.07) is 13.7. The first kappa shape index (κ1) is 20.3. The largest absolute Gasteiger partial charge is 0.490 e. The van der Waals surface area contributed by atoms with Gasteiger partial charge in [-0.3, -0.25) is 0 Å². The maximum absolute atomic E-state index is 14.9. The molecule has 0 N–H and O–H groups in total. The molecule has 0 aromatic heterocycles. The van der Waals surface area contributed by atoms with E-state index < -0.39 is 12.4 Å². The van der Waals surface area contributed by atoms with Crippen molar-refractivity contribution in [1.29, 1.82) is 0 Å². The van der Waals surface area contributed by atoms with E-state index >= 15 is 0 Å². The fourth-order valence-corrected chi connectivity index (χ4v) is 2.86. The lowest BCUT2D eigenvalue weighted by molar-refractivity contribution is -0.0515. The summed E-state index contributed by atoms with van der Waals surface area (Å²) in [5.41, 5.74) is 1.65. The predicted octanol–water partition coefficient (Wildman–Crippen LogP) is 6.38. The predicted molar refractivity (Wildman–Crippen MR) is 107 cm³/mol. The molecule has 150 valence electrons. The molecule has 0 heterocycles. The van der Waals surface area contributed by atoms with E-state index in [-0.39, 0.29) is 23.5 Å². The summed E-state index contributed by atoms with van der Waals surface area (Å²) in [4.78, 5) is 0. The van der Waals surface area contributed by atoms with Gasteiger partial charge in [0.25, 0.3) is 0 Å². The van der Waals surface area contributed by atoms with Crippen LogP contribution in [0.15, 0.2) is 73.8 Å². The van der Waals surface area contributed by atoms with Crippen LogP contribution in [0.1, 0.15) is 0 Å². The Morgan fingerprint density at radius 3 is 2.17 bits per heavy atom. The maximum atomic E-state index is 14.9. The lowest BCUT2D eigenvalue weighted by atomic mass is 10.0. The Kier molecular flexibility index (Phi) is 6.44. The summed E-state index contributed by atoms with van der Waals surface area (Å²) in [7, 11) is 0. The molecule has 0 aliphatic carbocycles. The zero-order chi connectivity index (χ0) is 20.8. The molecule has 0 aliphatic heterocycles. The van der Waals surface area contributed by atoms with Crippen molar-refractivity contribution in [2.24, 2.45) is 0 Å². The quantitative estimate of drug-likeness (QED) is 0.390. The summed E-state index contributed by atoms with van der Waals surface area (Å²) in [6.07, 6.45) is 3.04. The smallest absolute Gasteiger partial charge is 0.387 e. The van der Waals surface area contributed by atoms with Gasteiger partial charge in [0.2, 0.25) is 0 Å². The van der Waals surface area contributed by atoms with Crippen LogP contribution >= 0.6 is 0 Å². The van der Waals surface area contributed by atoms with E-state index in [1.165, 1.54) is 12.1 Å². The van der Waals surface area contributed by atoms with Gasteiger partial charge in [-0.15, -0.1) is 0 Å². The molecular formula is C23H19F3O3. The summed E-state index contributed by atoms with van der Waals surface area (Å²) in [5, 5.41) is 0.647. The normalized spacial score (nSPS) is 10.8. The van der Waals surface area contributed by atoms with Crippen molar-refractivity contribution in [3.05, 3.63) is 79.7 Å². The average molecular weight is 400 g/mol. The van der Waals surface area contributed by atoms with Crippen molar-refractivity contribution in [2.45, 2.75) is 6.61 Å². The highest BCUT2D eigenvalue weighted by Gasteiger charge is 2.19. The van der Waals surface area contributed by atoms with Gasteiger partial charge in [-0.1, -0.05) is 49.6 Å². The highest BCUT2D eigenvalue weighted by atomic mass is 19.3. The van der Waals surface area contributed by atoms with Gasteiger partial charge in [-0.05, 0) is 40.8 Å². The van der Waals surface area contributed by atoms with E-state index in [1.807, 2.05) is 12.1 Å². The molecule has 0 saturated heterocycles. The molecule has 0 atom stereocenters. The Bertz CT molecular complexity index is 1010. The minimum Gasteiger partial charge on any atom is -0.490 e. The molecule has 3 aromatic rings. The van der Waals surface area contributed by atoms with Crippen molar-refractivity contribution < 1.29 is 27.4 Å². The molecule has 0 amide bonds. The van der Waals surface area contributed by atoms with Gasteiger partial charge >= 0.3 is 6.61 Å². The first-order valence-corrected chi connectivity index (χ1v) is 8.82. The number of rotatable bonds is 9. The summed E-state index contributed by atoms with van der Waals surface area (Å²) in [6.45, 7) is 4.33. The third kappa shape index (κ3) is 4.71. The van der Waals surface area contributed by atoms with Crippen molar-refractivity contribution in [1.82, 2.24) is 0 Å². The number of alkyl halides is 2. The van der Waals surface area contributed by atoms with E-state index in [1.54, 1.807) is 36.4 Å². The molecule has 3 aromatic carbocycles. The van der Waals surface area contributed by atoms with Crippen LogP contribution in [0.25, 0.3) is 21.9 Å². The van der Waals surface area contributed by atoms with Gasteiger partial charge < -0.3 is 14.2 Å². The highest BCUT2D eigenvalue weighted by Crippen LogP contribution is 2.39. The minimum atomic E-state index is -3.11. The Hall–Kier alpha value is -3.41. The molecule has 0 fully saturated rings. The topological polar surface area (TPSA) is 27.7 Å². The molecule has 0 spiro atoms. The van der Waals surface area contributed by atoms with E-state index in [4.69, 9.17) is 9.47 Å². The number of fused-ring (bicyclic) bond motifs is 1. The van der Waals surface area contributed by atoms with Gasteiger partial charge in [0, 0.05) is 5.39 Å².